The van der Waals surface area contributed by atoms with Crippen molar-refractivity contribution in [2.75, 3.05) is 38.1 Å². The first-order chi connectivity index (χ1) is 21.6. The summed E-state index contributed by atoms with van der Waals surface area (Å²) in [6, 6.07) is 9.50. The van der Waals surface area contributed by atoms with Gasteiger partial charge in [0.1, 0.15) is 28.8 Å². The van der Waals surface area contributed by atoms with Gasteiger partial charge in [-0.15, -0.1) is 0 Å². The number of H-pyrrole nitrogens is 1. The number of aliphatic hydroxyl groups excluding tert-OH is 1. The van der Waals surface area contributed by atoms with E-state index in [1.54, 1.807) is 17.2 Å². The molecule has 0 unspecified atom stereocenters. The van der Waals surface area contributed by atoms with Crippen LogP contribution in [-0.2, 0) is 12.6 Å². The van der Waals surface area contributed by atoms with Crippen LogP contribution >= 0.6 is 0 Å². The second-order valence-electron chi connectivity index (χ2n) is 11.5. The summed E-state index contributed by atoms with van der Waals surface area (Å²) < 4.78 is 54.1. The molecule has 0 aliphatic carbocycles. The number of benzene rings is 1. The molecule has 1 aromatic carbocycles. The highest BCUT2D eigenvalue weighted by molar-refractivity contribution is 5.90. The first kappa shape index (κ1) is 30.7. The maximum Gasteiger partial charge on any atom is 0.421 e. The summed E-state index contributed by atoms with van der Waals surface area (Å²) in [6.45, 7) is 6.00. The number of nitrogens with one attached hydrogen (secondary N) is 2. The predicted octanol–water partition coefficient (Wildman–Crippen LogP) is 6.06. The maximum absolute atomic E-state index is 14.0. The number of halogens is 3. The molecule has 6 rings (SSSR count). The Morgan fingerprint density at radius 2 is 1.93 bits per heavy atom. The van der Waals surface area contributed by atoms with Gasteiger partial charge in [-0.1, -0.05) is 6.07 Å². The second kappa shape index (κ2) is 12.6. The van der Waals surface area contributed by atoms with E-state index in [9.17, 15) is 18.0 Å². The fraction of sp³-hybridized carbons (Fsp3) is 0.406. The molecule has 4 aromatic rings. The molecule has 5 heterocycles. The van der Waals surface area contributed by atoms with E-state index in [4.69, 9.17) is 14.6 Å². The van der Waals surface area contributed by atoms with E-state index in [1.165, 1.54) is 6.20 Å². The van der Waals surface area contributed by atoms with E-state index in [0.717, 1.165) is 33.9 Å². The van der Waals surface area contributed by atoms with Gasteiger partial charge in [0.15, 0.2) is 0 Å². The summed E-state index contributed by atoms with van der Waals surface area (Å²) in [7, 11) is 0. The molecule has 0 spiro atoms. The third-order valence-electron chi connectivity index (χ3n) is 8.41. The fourth-order valence-corrected chi connectivity index (χ4v) is 6.05. The number of aromatic nitrogens is 3. The van der Waals surface area contributed by atoms with Crippen molar-refractivity contribution < 1.29 is 32.5 Å². The molecule has 0 bridgehead atoms. The molecule has 1 saturated heterocycles. The first-order valence-corrected chi connectivity index (χ1v) is 15.0. The molecule has 0 saturated carbocycles. The van der Waals surface area contributed by atoms with Gasteiger partial charge in [-0.2, -0.15) is 13.2 Å². The topological polar surface area (TPSA) is 116 Å². The van der Waals surface area contributed by atoms with E-state index in [2.05, 4.69) is 20.3 Å². The minimum absolute atomic E-state index is 0.0281. The largest absolute Gasteiger partial charge is 0.474 e. The number of ether oxygens (including phenoxy) is 2. The predicted molar refractivity (Wildman–Crippen MR) is 162 cm³/mol. The van der Waals surface area contributed by atoms with Crippen LogP contribution in [-0.4, -0.2) is 74.8 Å². The average molecular weight is 625 g/mol. The number of fused-ring (bicyclic) bond motifs is 2. The number of anilines is 1. The SMILES string of the molecule is Cc1cc2c(Oc3ccc4c(c3)[C@H](C)N(C(=O)Nc3cnc(OC5CCN(CCO)CC5)c(C(F)(F)F)c3)CC4)ccnc2[nH]1. The zero-order chi connectivity index (χ0) is 31.7. The van der Waals surface area contributed by atoms with Crippen LogP contribution in [0.5, 0.6) is 17.4 Å². The Balaban J connectivity index is 1.15. The van der Waals surface area contributed by atoms with Crippen molar-refractivity contribution >= 4 is 22.8 Å². The molecule has 2 amide bonds. The molecule has 10 nitrogen and oxygen atoms in total. The minimum atomic E-state index is -4.73. The first-order valence-electron chi connectivity index (χ1n) is 15.0. The standard InChI is InChI=1S/C32H35F3N6O4/c1-19-15-26-28(5-9-36-29(26)38-19)44-24-4-3-21-6-12-41(20(2)25(21)17-24)31(43)39-22-16-27(32(33,34)35)30(37-18-22)45-23-7-10-40(11-8-23)13-14-42/h3-5,9,15-18,20,23,42H,6-8,10-14H2,1-2H3,(H,36,38)(H,39,43)/t20-/m0/s1. The molecular formula is C32H35F3N6O4. The number of hydrogen-bond donors (Lipinski definition) is 3. The highest BCUT2D eigenvalue weighted by Gasteiger charge is 2.37. The van der Waals surface area contributed by atoms with Crippen molar-refractivity contribution in [3.63, 3.8) is 0 Å². The van der Waals surface area contributed by atoms with Crippen LogP contribution in [0.2, 0.25) is 0 Å². The molecule has 45 heavy (non-hydrogen) atoms. The molecule has 1 fully saturated rings. The van der Waals surface area contributed by atoms with Crippen molar-refractivity contribution in [3.05, 3.63) is 71.2 Å². The highest BCUT2D eigenvalue weighted by atomic mass is 19.4. The third kappa shape index (κ3) is 6.69. The Kier molecular flexibility index (Phi) is 8.56. The van der Waals surface area contributed by atoms with Crippen LogP contribution < -0.4 is 14.8 Å². The van der Waals surface area contributed by atoms with Crippen molar-refractivity contribution in [3.8, 4) is 17.4 Å². The number of aliphatic hydroxyl groups is 1. The molecule has 2 aliphatic heterocycles. The number of nitrogens with zero attached hydrogens (tertiary/aromatic N) is 4. The minimum Gasteiger partial charge on any atom is -0.474 e. The summed E-state index contributed by atoms with van der Waals surface area (Å²) in [4.78, 5) is 28.5. The van der Waals surface area contributed by atoms with Gasteiger partial charge in [-0.3, -0.25) is 0 Å². The summed E-state index contributed by atoms with van der Waals surface area (Å²) in [5.41, 5.74) is 2.54. The average Bonchev–Trinajstić information content (AvgIpc) is 3.40. The highest BCUT2D eigenvalue weighted by Crippen LogP contribution is 2.39. The van der Waals surface area contributed by atoms with Gasteiger partial charge in [0, 0.05) is 38.1 Å². The zero-order valence-corrected chi connectivity index (χ0v) is 25.0. The molecule has 238 valence electrons. The van der Waals surface area contributed by atoms with E-state index in [0.29, 0.717) is 56.9 Å². The van der Waals surface area contributed by atoms with Crippen molar-refractivity contribution in [2.24, 2.45) is 0 Å². The number of hydrogen-bond acceptors (Lipinski definition) is 7. The molecule has 1 atom stereocenters. The van der Waals surface area contributed by atoms with Gasteiger partial charge in [0.2, 0.25) is 5.88 Å². The van der Waals surface area contributed by atoms with E-state index in [-0.39, 0.29) is 18.3 Å². The Morgan fingerprint density at radius 3 is 2.69 bits per heavy atom. The van der Waals surface area contributed by atoms with Crippen LogP contribution in [0.4, 0.5) is 23.7 Å². The lowest BCUT2D eigenvalue weighted by molar-refractivity contribution is -0.139. The van der Waals surface area contributed by atoms with Gasteiger partial charge < -0.3 is 34.7 Å². The van der Waals surface area contributed by atoms with Crippen molar-refractivity contribution in [1.29, 1.82) is 0 Å². The summed E-state index contributed by atoms with van der Waals surface area (Å²) in [5, 5.41) is 12.6. The number of piperidine rings is 1. The monoisotopic (exact) mass is 624 g/mol. The smallest absolute Gasteiger partial charge is 0.421 e. The van der Waals surface area contributed by atoms with Crippen LogP contribution in [0.15, 0.2) is 48.8 Å². The van der Waals surface area contributed by atoms with E-state index in [1.807, 2.05) is 43.0 Å². The molecule has 2 aliphatic rings. The Morgan fingerprint density at radius 1 is 1.13 bits per heavy atom. The van der Waals surface area contributed by atoms with Gasteiger partial charge in [0.05, 0.1) is 29.9 Å². The number of likely N-dealkylation sites (tertiary alicyclic amines) is 1. The maximum atomic E-state index is 14.0. The number of carbonyl (C=O) groups excluding carboxylic acids is 1. The van der Waals surface area contributed by atoms with Gasteiger partial charge in [0.25, 0.3) is 0 Å². The summed E-state index contributed by atoms with van der Waals surface area (Å²) in [6.07, 6.45) is -0.659. The molecule has 13 heteroatoms. The lowest BCUT2D eigenvalue weighted by Gasteiger charge is -2.35. The van der Waals surface area contributed by atoms with E-state index >= 15 is 0 Å². The third-order valence-corrected chi connectivity index (χ3v) is 8.41. The van der Waals surface area contributed by atoms with Crippen molar-refractivity contribution in [2.45, 2.75) is 51.4 Å². The van der Waals surface area contributed by atoms with E-state index < -0.39 is 29.8 Å². The number of carbonyl (C=O) groups is 1. The number of alkyl halides is 3. The number of pyridine rings is 2. The van der Waals surface area contributed by atoms with Gasteiger partial charge >= 0.3 is 12.2 Å². The summed E-state index contributed by atoms with van der Waals surface area (Å²) in [5.74, 6) is 0.744. The molecule has 0 radical (unpaired) electrons. The summed E-state index contributed by atoms with van der Waals surface area (Å²) >= 11 is 0. The van der Waals surface area contributed by atoms with Gasteiger partial charge in [-0.05, 0) is 74.6 Å². The number of rotatable bonds is 7. The number of aryl methyl sites for hydroxylation is 1. The van der Waals surface area contributed by atoms with Crippen LogP contribution in [0.3, 0.4) is 0 Å². The fourth-order valence-electron chi connectivity index (χ4n) is 6.05. The van der Waals surface area contributed by atoms with Crippen LogP contribution in [0, 0.1) is 6.92 Å². The van der Waals surface area contributed by atoms with Gasteiger partial charge in [-0.25, -0.2) is 14.8 Å². The normalized spacial score (nSPS) is 17.7. The Labute approximate surface area is 258 Å². The Hall–Kier alpha value is -4.36. The number of amides is 2. The lowest BCUT2D eigenvalue weighted by atomic mass is 9.93. The van der Waals surface area contributed by atoms with Crippen LogP contribution in [0.1, 0.15) is 48.2 Å². The number of urea groups is 1. The molecule has 3 N–H and O–H groups in total. The van der Waals surface area contributed by atoms with Crippen molar-refractivity contribution in [1.82, 2.24) is 24.8 Å². The lowest BCUT2D eigenvalue weighted by Crippen LogP contribution is -2.41. The molecular weight excluding hydrogens is 589 g/mol. The Bertz CT molecular complexity index is 1690. The zero-order valence-electron chi connectivity index (χ0n) is 25.0. The quantitative estimate of drug-likeness (QED) is 0.229. The van der Waals surface area contributed by atoms with Crippen LogP contribution in [0.25, 0.3) is 11.0 Å². The number of aromatic amines is 1. The second-order valence-corrected chi connectivity index (χ2v) is 11.5. The number of β-amino-alcohol motifs (C(OH)–C–C–N with tert-alkyl or cyclic N) is 1. The molecule has 3 aromatic heterocycles.